The third-order valence-electron chi connectivity index (χ3n) is 4.44. The Hall–Kier alpha value is -1.59. The normalized spacial score (nSPS) is 22.8. The van der Waals surface area contributed by atoms with Crippen LogP contribution >= 0.6 is 0 Å². The van der Waals surface area contributed by atoms with Gasteiger partial charge in [0.2, 0.25) is 0 Å². The zero-order chi connectivity index (χ0) is 15.4. The average Bonchev–Trinajstić information content (AvgIpc) is 3.10. The maximum atomic E-state index is 12.7. The van der Waals surface area contributed by atoms with Crippen molar-refractivity contribution in [3.63, 3.8) is 0 Å². The molecule has 0 spiro atoms. The molecule has 1 amide bonds. The van der Waals surface area contributed by atoms with E-state index in [1.165, 1.54) is 0 Å². The summed E-state index contributed by atoms with van der Waals surface area (Å²) in [6.45, 7) is 7.61. The number of carbonyl (C=O) groups is 1. The Morgan fingerprint density at radius 3 is 2.73 bits per heavy atom. The predicted molar refractivity (Wildman–Crippen MR) is 84.3 cm³/mol. The van der Waals surface area contributed by atoms with Crippen LogP contribution in [0.15, 0.2) is 24.3 Å². The highest BCUT2D eigenvalue weighted by Crippen LogP contribution is 2.21. The number of benzene rings is 1. The lowest BCUT2D eigenvalue weighted by Crippen LogP contribution is -2.52. The Kier molecular flexibility index (Phi) is 4.95. The number of rotatable bonds is 4. The number of para-hydroxylation sites is 1. The third-order valence-corrected chi connectivity index (χ3v) is 4.44. The van der Waals surface area contributed by atoms with Crippen LogP contribution in [0.2, 0.25) is 0 Å². The lowest BCUT2D eigenvalue weighted by molar-refractivity contribution is 0.0546. The number of piperazine rings is 1. The molecule has 1 aromatic carbocycles. The Labute approximate surface area is 131 Å². The molecule has 3 rings (SSSR count). The van der Waals surface area contributed by atoms with Gasteiger partial charge in [-0.25, -0.2) is 0 Å². The Bertz CT molecular complexity index is 506. The maximum absolute atomic E-state index is 12.7. The van der Waals surface area contributed by atoms with Crippen molar-refractivity contribution in [3.05, 3.63) is 29.8 Å². The first-order valence-electron chi connectivity index (χ1n) is 8.12. The van der Waals surface area contributed by atoms with Crippen molar-refractivity contribution in [2.45, 2.75) is 19.4 Å². The molecule has 2 heterocycles. The summed E-state index contributed by atoms with van der Waals surface area (Å²) in [6, 6.07) is 8.04. The molecule has 1 aromatic rings. The molecule has 0 aromatic heterocycles. The molecule has 0 unspecified atom stereocenters. The molecule has 1 atom stereocenters. The van der Waals surface area contributed by atoms with Crippen molar-refractivity contribution in [2.24, 2.45) is 0 Å². The van der Waals surface area contributed by atoms with Crippen molar-refractivity contribution in [3.8, 4) is 5.75 Å². The molecule has 5 nitrogen and oxygen atoms in total. The third kappa shape index (κ3) is 3.25. The minimum absolute atomic E-state index is 0.0753. The van der Waals surface area contributed by atoms with E-state index in [1.807, 2.05) is 36.1 Å². The van der Waals surface area contributed by atoms with Gasteiger partial charge < -0.3 is 14.4 Å². The largest absolute Gasteiger partial charge is 0.493 e. The van der Waals surface area contributed by atoms with Crippen molar-refractivity contribution in [2.75, 3.05) is 46.0 Å². The quantitative estimate of drug-likeness (QED) is 0.848. The number of carbonyl (C=O) groups excluding carboxylic acids is 1. The Morgan fingerprint density at radius 1 is 1.27 bits per heavy atom. The van der Waals surface area contributed by atoms with E-state index in [0.29, 0.717) is 24.0 Å². The minimum atomic E-state index is 0.0753. The number of hydrogen-bond donors (Lipinski definition) is 0. The van der Waals surface area contributed by atoms with Crippen molar-refractivity contribution >= 4 is 5.91 Å². The lowest BCUT2D eigenvalue weighted by Gasteiger charge is -2.37. The van der Waals surface area contributed by atoms with E-state index in [9.17, 15) is 4.79 Å². The molecule has 0 bridgehead atoms. The second-order valence-corrected chi connectivity index (χ2v) is 5.77. The van der Waals surface area contributed by atoms with Crippen LogP contribution in [0.4, 0.5) is 0 Å². The zero-order valence-electron chi connectivity index (χ0n) is 13.2. The molecule has 120 valence electrons. The maximum Gasteiger partial charge on any atom is 0.257 e. The van der Waals surface area contributed by atoms with E-state index < -0.39 is 0 Å². The first kappa shape index (κ1) is 15.3. The summed E-state index contributed by atoms with van der Waals surface area (Å²) < 4.78 is 11.0. The monoisotopic (exact) mass is 304 g/mol. The SMILES string of the molecule is CCOc1ccccc1C(=O)N1CCN([C@@H]2CCOC2)CC1. The van der Waals surface area contributed by atoms with Crippen LogP contribution in [0.3, 0.4) is 0 Å². The van der Waals surface area contributed by atoms with E-state index in [1.54, 1.807) is 0 Å². The summed E-state index contributed by atoms with van der Waals surface area (Å²) >= 11 is 0. The van der Waals surface area contributed by atoms with Gasteiger partial charge in [-0.05, 0) is 25.5 Å². The second kappa shape index (κ2) is 7.11. The highest BCUT2D eigenvalue weighted by molar-refractivity contribution is 5.97. The summed E-state index contributed by atoms with van der Waals surface area (Å²) in [5.74, 6) is 0.757. The van der Waals surface area contributed by atoms with Gasteiger partial charge in [0, 0.05) is 38.8 Å². The van der Waals surface area contributed by atoms with Gasteiger partial charge in [-0.1, -0.05) is 12.1 Å². The molecule has 2 saturated heterocycles. The molecule has 2 aliphatic heterocycles. The number of hydrogen-bond acceptors (Lipinski definition) is 4. The molecular weight excluding hydrogens is 280 g/mol. The Morgan fingerprint density at radius 2 is 2.05 bits per heavy atom. The fourth-order valence-corrected chi connectivity index (χ4v) is 3.20. The van der Waals surface area contributed by atoms with Crippen molar-refractivity contribution < 1.29 is 14.3 Å². The van der Waals surface area contributed by atoms with Crippen LogP contribution in [-0.2, 0) is 4.74 Å². The second-order valence-electron chi connectivity index (χ2n) is 5.77. The van der Waals surface area contributed by atoms with Crippen LogP contribution in [0.25, 0.3) is 0 Å². The number of ether oxygens (including phenoxy) is 2. The molecule has 0 aliphatic carbocycles. The summed E-state index contributed by atoms with van der Waals surface area (Å²) in [5, 5.41) is 0. The highest BCUT2D eigenvalue weighted by atomic mass is 16.5. The molecule has 0 N–H and O–H groups in total. The fourth-order valence-electron chi connectivity index (χ4n) is 3.20. The van der Waals surface area contributed by atoms with Crippen molar-refractivity contribution in [1.82, 2.24) is 9.80 Å². The molecule has 0 saturated carbocycles. The van der Waals surface area contributed by atoms with E-state index >= 15 is 0 Å². The fraction of sp³-hybridized carbons (Fsp3) is 0.588. The van der Waals surface area contributed by atoms with Gasteiger partial charge in [0.1, 0.15) is 5.75 Å². The predicted octanol–water partition coefficient (Wildman–Crippen LogP) is 1.63. The van der Waals surface area contributed by atoms with Gasteiger partial charge in [0.05, 0.1) is 18.8 Å². The molecule has 2 fully saturated rings. The standard InChI is InChI=1S/C17H24N2O3/c1-2-22-16-6-4-3-5-15(16)17(20)19-10-8-18(9-11-19)14-7-12-21-13-14/h3-6,14H,2,7-13H2,1H3/t14-/m1/s1. The number of amides is 1. The van der Waals surface area contributed by atoms with Gasteiger partial charge >= 0.3 is 0 Å². The van der Waals surface area contributed by atoms with Crippen LogP contribution in [-0.4, -0.2) is 67.7 Å². The van der Waals surface area contributed by atoms with E-state index in [2.05, 4.69) is 4.90 Å². The van der Waals surface area contributed by atoms with E-state index in [0.717, 1.165) is 45.8 Å². The highest BCUT2D eigenvalue weighted by Gasteiger charge is 2.29. The first-order chi connectivity index (χ1) is 10.8. The summed E-state index contributed by atoms with van der Waals surface area (Å²) in [7, 11) is 0. The summed E-state index contributed by atoms with van der Waals surface area (Å²) in [5.41, 5.74) is 0.669. The zero-order valence-corrected chi connectivity index (χ0v) is 13.2. The number of nitrogens with zero attached hydrogens (tertiary/aromatic N) is 2. The van der Waals surface area contributed by atoms with Crippen molar-refractivity contribution in [1.29, 1.82) is 0 Å². The average molecular weight is 304 g/mol. The van der Waals surface area contributed by atoms with Gasteiger partial charge in [-0.3, -0.25) is 9.69 Å². The smallest absolute Gasteiger partial charge is 0.257 e. The lowest BCUT2D eigenvalue weighted by atomic mass is 10.1. The summed E-state index contributed by atoms with van der Waals surface area (Å²) in [4.78, 5) is 17.1. The Balaban J connectivity index is 1.62. The molecule has 2 aliphatic rings. The molecule has 0 radical (unpaired) electrons. The van der Waals surface area contributed by atoms with Gasteiger partial charge in [-0.15, -0.1) is 0 Å². The van der Waals surface area contributed by atoms with Crippen LogP contribution in [0.5, 0.6) is 5.75 Å². The molecule has 5 heteroatoms. The van der Waals surface area contributed by atoms with Gasteiger partial charge in [-0.2, -0.15) is 0 Å². The van der Waals surface area contributed by atoms with E-state index in [4.69, 9.17) is 9.47 Å². The summed E-state index contributed by atoms with van der Waals surface area (Å²) in [6.07, 6.45) is 1.11. The molecular formula is C17H24N2O3. The van der Waals surface area contributed by atoms with Crippen LogP contribution in [0.1, 0.15) is 23.7 Å². The van der Waals surface area contributed by atoms with Gasteiger partial charge in [0.25, 0.3) is 5.91 Å². The van der Waals surface area contributed by atoms with Crippen LogP contribution in [0, 0.1) is 0 Å². The topological polar surface area (TPSA) is 42.0 Å². The van der Waals surface area contributed by atoms with Crippen LogP contribution < -0.4 is 4.74 Å². The van der Waals surface area contributed by atoms with E-state index in [-0.39, 0.29) is 5.91 Å². The first-order valence-corrected chi connectivity index (χ1v) is 8.12. The van der Waals surface area contributed by atoms with Gasteiger partial charge in [0.15, 0.2) is 0 Å². The minimum Gasteiger partial charge on any atom is -0.493 e. The molecule has 22 heavy (non-hydrogen) atoms.